The Hall–Kier alpha value is -1.83. The van der Waals surface area contributed by atoms with Crippen LogP contribution in [0.4, 0.5) is 0 Å². The van der Waals surface area contributed by atoms with Crippen molar-refractivity contribution in [2.75, 3.05) is 5.75 Å². The summed E-state index contributed by atoms with van der Waals surface area (Å²) in [4.78, 5) is 35.2. The van der Waals surface area contributed by atoms with Crippen molar-refractivity contribution in [1.82, 2.24) is 14.5 Å². The second-order valence-electron chi connectivity index (χ2n) is 8.19. The van der Waals surface area contributed by atoms with E-state index in [2.05, 4.69) is 13.8 Å². The van der Waals surface area contributed by atoms with Crippen molar-refractivity contribution in [2.45, 2.75) is 64.2 Å². The van der Waals surface area contributed by atoms with Gasteiger partial charge in [-0.1, -0.05) is 23.4 Å². The van der Waals surface area contributed by atoms with Gasteiger partial charge in [0.1, 0.15) is 4.83 Å². The molecule has 2 aromatic heterocycles. The number of aryl methyl sites for hydroxylation is 2. The van der Waals surface area contributed by atoms with Gasteiger partial charge < -0.3 is 4.90 Å². The Morgan fingerprint density at radius 2 is 1.84 bits per heavy atom. The molecule has 1 fully saturated rings. The Kier molecular flexibility index (Phi) is 6.47. The van der Waals surface area contributed by atoms with E-state index in [-0.39, 0.29) is 29.3 Å². The molecule has 0 aliphatic carbocycles. The molecule has 1 amide bonds. The van der Waals surface area contributed by atoms with Crippen LogP contribution in [-0.4, -0.2) is 38.2 Å². The van der Waals surface area contributed by atoms with Crippen molar-refractivity contribution in [1.29, 1.82) is 0 Å². The summed E-state index contributed by atoms with van der Waals surface area (Å²) in [6.07, 6.45) is 3.23. The molecule has 1 saturated heterocycles. The summed E-state index contributed by atoms with van der Waals surface area (Å²) in [6.45, 7) is 8.19. The summed E-state index contributed by atoms with van der Waals surface area (Å²) in [7, 11) is 0. The zero-order valence-electron chi connectivity index (χ0n) is 18.1. The zero-order valence-corrected chi connectivity index (χ0v) is 20.5. The third-order valence-corrected chi connectivity index (χ3v) is 8.34. The van der Waals surface area contributed by atoms with Gasteiger partial charge in [0.15, 0.2) is 5.16 Å². The number of fused-ring (bicyclic) bond motifs is 1. The smallest absolute Gasteiger partial charge is 0.267 e. The first-order valence-electron chi connectivity index (χ1n) is 10.5. The third-order valence-electron chi connectivity index (χ3n) is 6.06. The van der Waals surface area contributed by atoms with Crippen LogP contribution in [0, 0.1) is 13.8 Å². The zero-order chi connectivity index (χ0) is 22.3. The van der Waals surface area contributed by atoms with E-state index in [4.69, 9.17) is 16.6 Å². The lowest BCUT2D eigenvalue weighted by Gasteiger charge is -2.39. The van der Waals surface area contributed by atoms with Gasteiger partial charge in [0.05, 0.1) is 16.8 Å². The number of carbonyl (C=O) groups excluding carboxylic acids is 1. The molecule has 0 unspecified atom stereocenters. The Labute approximate surface area is 195 Å². The maximum atomic E-state index is 13.5. The lowest BCUT2D eigenvalue weighted by atomic mass is 9.98. The van der Waals surface area contributed by atoms with E-state index in [1.165, 1.54) is 23.1 Å². The van der Waals surface area contributed by atoms with Gasteiger partial charge in [-0.3, -0.25) is 14.2 Å². The largest absolute Gasteiger partial charge is 0.337 e. The Morgan fingerprint density at radius 3 is 2.48 bits per heavy atom. The molecule has 8 heteroatoms. The summed E-state index contributed by atoms with van der Waals surface area (Å²) in [5.74, 6) is 0.351. The monoisotopic (exact) mass is 475 g/mol. The normalized spacial score (nSPS) is 19.2. The number of piperidine rings is 1. The van der Waals surface area contributed by atoms with Crippen molar-refractivity contribution >= 4 is 50.8 Å². The van der Waals surface area contributed by atoms with E-state index < -0.39 is 0 Å². The second-order valence-corrected chi connectivity index (χ2v) is 10.8. The number of hydrogen-bond acceptors (Lipinski definition) is 5. The molecule has 0 bridgehead atoms. The Balaban J connectivity index is 1.74. The lowest BCUT2D eigenvalue weighted by molar-refractivity contribution is -0.134. The molecule has 1 aromatic carbocycles. The van der Waals surface area contributed by atoms with Gasteiger partial charge in [-0.2, -0.15) is 0 Å². The second kappa shape index (κ2) is 8.96. The van der Waals surface area contributed by atoms with Crippen LogP contribution in [0.3, 0.4) is 0 Å². The summed E-state index contributed by atoms with van der Waals surface area (Å²) >= 11 is 8.91. The fourth-order valence-electron chi connectivity index (χ4n) is 4.30. The molecule has 2 atom stereocenters. The molecule has 0 radical (unpaired) electrons. The molecule has 3 aromatic rings. The van der Waals surface area contributed by atoms with Crippen molar-refractivity contribution < 1.29 is 4.79 Å². The van der Waals surface area contributed by atoms with Gasteiger partial charge in [-0.15, -0.1) is 11.3 Å². The van der Waals surface area contributed by atoms with E-state index in [0.29, 0.717) is 21.3 Å². The van der Waals surface area contributed by atoms with Crippen LogP contribution in [0.25, 0.3) is 15.9 Å². The standard InChI is InChI=1S/C23H26ClN3O2S2/c1-13-6-5-7-14(2)26(13)19(28)12-30-23-25-21-20(15(3)16(4)31-21)22(29)27(23)18-10-8-17(24)9-11-18/h8-11,13-14H,5-7,12H2,1-4H3/t13-,14-/m1/s1. The summed E-state index contributed by atoms with van der Waals surface area (Å²) in [5, 5.41) is 1.78. The summed E-state index contributed by atoms with van der Waals surface area (Å²) in [5.41, 5.74) is 1.55. The maximum Gasteiger partial charge on any atom is 0.267 e. The molecule has 5 nitrogen and oxygen atoms in total. The first kappa shape index (κ1) is 22.4. The van der Waals surface area contributed by atoms with Gasteiger partial charge in [0, 0.05) is 22.0 Å². The predicted octanol–water partition coefficient (Wildman–Crippen LogP) is 5.60. The van der Waals surface area contributed by atoms with Crippen molar-refractivity contribution in [3.63, 3.8) is 0 Å². The topological polar surface area (TPSA) is 55.2 Å². The summed E-state index contributed by atoms with van der Waals surface area (Å²) < 4.78 is 1.61. The molecular formula is C23H26ClN3O2S2. The Bertz CT molecular complexity index is 1180. The van der Waals surface area contributed by atoms with Crippen molar-refractivity contribution in [3.05, 3.63) is 50.1 Å². The number of amides is 1. The van der Waals surface area contributed by atoms with Crippen molar-refractivity contribution in [3.8, 4) is 5.69 Å². The van der Waals surface area contributed by atoms with Gasteiger partial charge >= 0.3 is 0 Å². The average molecular weight is 476 g/mol. The fraction of sp³-hybridized carbons (Fsp3) is 0.435. The van der Waals surface area contributed by atoms with Gasteiger partial charge in [-0.05, 0) is 76.8 Å². The van der Waals surface area contributed by atoms with Gasteiger partial charge in [0.2, 0.25) is 5.91 Å². The number of aromatic nitrogens is 2. The predicted molar refractivity (Wildman–Crippen MR) is 130 cm³/mol. The van der Waals surface area contributed by atoms with E-state index in [0.717, 1.165) is 34.5 Å². The highest BCUT2D eigenvalue weighted by atomic mass is 35.5. The minimum Gasteiger partial charge on any atom is -0.337 e. The van der Waals surface area contributed by atoms with Gasteiger partial charge in [-0.25, -0.2) is 4.98 Å². The van der Waals surface area contributed by atoms with Crippen LogP contribution in [0.1, 0.15) is 43.6 Å². The summed E-state index contributed by atoms with van der Waals surface area (Å²) in [6, 6.07) is 7.63. The first-order valence-corrected chi connectivity index (χ1v) is 12.7. The van der Waals surface area contributed by atoms with Crippen LogP contribution in [-0.2, 0) is 4.79 Å². The minimum absolute atomic E-state index is 0.0974. The molecule has 0 N–H and O–H groups in total. The molecule has 4 rings (SSSR count). The van der Waals surface area contributed by atoms with Crippen LogP contribution in [0.5, 0.6) is 0 Å². The van der Waals surface area contributed by atoms with Gasteiger partial charge in [0.25, 0.3) is 5.56 Å². The lowest BCUT2D eigenvalue weighted by Crippen LogP contribution is -2.48. The number of thioether (sulfide) groups is 1. The van der Waals surface area contributed by atoms with E-state index >= 15 is 0 Å². The number of benzene rings is 1. The van der Waals surface area contributed by atoms with Crippen LogP contribution in [0.2, 0.25) is 5.02 Å². The number of rotatable bonds is 4. The highest BCUT2D eigenvalue weighted by Crippen LogP contribution is 2.30. The number of likely N-dealkylation sites (tertiary alicyclic amines) is 1. The molecule has 1 aliphatic heterocycles. The SMILES string of the molecule is Cc1sc2nc(SCC(=O)N3[C@H](C)CCC[C@H]3C)n(-c3ccc(Cl)cc3)c(=O)c2c1C. The quantitative estimate of drug-likeness (QED) is 0.364. The average Bonchev–Trinajstić information content (AvgIpc) is 3.01. The Morgan fingerprint density at radius 1 is 1.19 bits per heavy atom. The number of nitrogens with zero attached hydrogens (tertiary/aromatic N) is 3. The van der Waals surface area contributed by atoms with E-state index in [1.807, 2.05) is 30.9 Å². The molecule has 31 heavy (non-hydrogen) atoms. The number of thiophene rings is 1. The maximum absolute atomic E-state index is 13.5. The first-order chi connectivity index (χ1) is 14.8. The minimum atomic E-state index is -0.108. The van der Waals surface area contributed by atoms with Crippen LogP contribution in [0.15, 0.2) is 34.2 Å². The van der Waals surface area contributed by atoms with Crippen molar-refractivity contribution in [2.24, 2.45) is 0 Å². The van der Waals surface area contributed by atoms with Crippen LogP contribution >= 0.6 is 34.7 Å². The van der Waals surface area contributed by atoms with Crippen LogP contribution < -0.4 is 5.56 Å². The molecule has 3 heterocycles. The molecule has 0 spiro atoms. The molecule has 164 valence electrons. The molecular weight excluding hydrogens is 450 g/mol. The highest BCUT2D eigenvalue weighted by molar-refractivity contribution is 7.99. The highest BCUT2D eigenvalue weighted by Gasteiger charge is 2.29. The number of halogens is 1. The third kappa shape index (κ3) is 4.28. The number of carbonyl (C=O) groups is 1. The van der Waals surface area contributed by atoms with E-state index in [9.17, 15) is 9.59 Å². The molecule has 1 aliphatic rings. The fourth-order valence-corrected chi connectivity index (χ4v) is 6.38. The van der Waals surface area contributed by atoms with E-state index in [1.54, 1.807) is 16.7 Å². The number of hydrogen-bond donors (Lipinski definition) is 0. The molecule has 0 saturated carbocycles.